The Labute approximate surface area is 126 Å². The van der Waals surface area contributed by atoms with Crippen LogP contribution in [0.25, 0.3) is 10.9 Å². The molecule has 1 fully saturated rings. The van der Waals surface area contributed by atoms with Gasteiger partial charge in [0.1, 0.15) is 0 Å². The van der Waals surface area contributed by atoms with Crippen molar-refractivity contribution in [2.45, 2.75) is 25.0 Å². The van der Waals surface area contributed by atoms with Gasteiger partial charge in [0.15, 0.2) is 0 Å². The number of hydrogen-bond acceptors (Lipinski definition) is 5. The van der Waals surface area contributed by atoms with Gasteiger partial charge in [-0.3, -0.25) is 14.9 Å². The van der Waals surface area contributed by atoms with Gasteiger partial charge in [-0.1, -0.05) is 0 Å². The first-order valence-corrected chi connectivity index (χ1v) is 7.09. The number of nitro benzene ring substituents is 1. The van der Waals surface area contributed by atoms with Crippen LogP contribution in [0.5, 0.6) is 0 Å². The average molecular weight is 303 g/mol. The molecule has 0 amide bonds. The van der Waals surface area contributed by atoms with Crippen molar-refractivity contribution in [3.05, 3.63) is 44.7 Å². The maximum Gasteiger partial charge on any atom is 0.270 e. The van der Waals surface area contributed by atoms with Gasteiger partial charge in [-0.05, 0) is 18.9 Å². The van der Waals surface area contributed by atoms with Crippen LogP contribution in [-0.2, 0) is 11.8 Å². The average Bonchev–Trinajstić information content (AvgIpc) is 2.48. The van der Waals surface area contributed by atoms with Gasteiger partial charge in [0.05, 0.1) is 22.6 Å². The lowest BCUT2D eigenvalue weighted by Gasteiger charge is -2.36. The number of non-ortho nitro benzene ring substituents is 1. The molecule has 0 radical (unpaired) electrons. The highest BCUT2D eigenvalue weighted by Crippen LogP contribution is 2.31. The number of hydrogen-bond donors (Lipinski definition) is 1. The van der Waals surface area contributed by atoms with Crippen molar-refractivity contribution in [3.8, 4) is 0 Å². The topological polar surface area (TPSA) is 86.4 Å². The van der Waals surface area contributed by atoms with Crippen LogP contribution in [0.3, 0.4) is 0 Å². The van der Waals surface area contributed by atoms with Gasteiger partial charge in [0.25, 0.3) is 11.2 Å². The Kier molecular flexibility index (Phi) is 3.58. The summed E-state index contributed by atoms with van der Waals surface area (Å²) in [5.74, 6) is 0. The van der Waals surface area contributed by atoms with Crippen LogP contribution in [0.15, 0.2) is 29.1 Å². The molecule has 1 heterocycles. The Morgan fingerprint density at radius 1 is 1.36 bits per heavy atom. The molecule has 1 aromatic carbocycles. The molecule has 1 N–H and O–H groups in total. The molecule has 0 saturated heterocycles. The van der Waals surface area contributed by atoms with E-state index in [9.17, 15) is 14.9 Å². The van der Waals surface area contributed by atoms with E-state index in [1.54, 1.807) is 20.2 Å². The van der Waals surface area contributed by atoms with E-state index in [1.807, 2.05) is 0 Å². The van der Waals surface area contributed by atoms with Crippen LogP contribution >= 0.6 is 0 Å². The van der Waals surface area contributed by atoms with E-state index in [1.165, 1.54) is 22.8 Å². The number of nitro groups is 1. The SMILES string of the molecule is CO[C@H]1CCC1Nc1cc(=O)n(C)c2ccc([N+](=O)[O-])cc12. The largest absolute Gasteiger partial charge is 0.379 e. The van der Waals surface area contributed by atoms with E-state index >= 15 is 0 Å². The Hall–Kier alpha value is -2.41. The number of aromatic nitrogens is 1. The first-order chi connectivity index (χ1) is 10.5. The van der Waals surface area contributed by atoms with E-state index in [0.29, 0.717) is 16.6 Å². The molecule has 22 heavy (non-hydrogen) atoms. The van der Waals surface area contributed by atoms with Crippen LogP contribution in [0, 0.1) is 10.1 Å². The van der Waals surface area contributed by atoms with E-state index < -0.39 is 4.92 Å². The van der Waals surface area contributed by atoms with Gasteiger partial charge >= 0.3 is 0 Å². The second kappa shape index (κ2) is 5.42. The summed E-state index contributed by atoms with van der Waals surface area (Å²) in [7, 11) is 3.31. The van der Waals surface area contributed by atoms with E-state index in [2.05, 4.69) is 5.32 Å². The lowest BCUT2D eigenvalue weighted by atomic mass is 9.88. The number of benzene rings is 1. The molecule has 2 aromatic rings. The molecule has 116 valence electrons. The van der Waals surface area contributed by atoms with Crippen LogP contribution < -0.4 is 10.9 Å². The smallest absolute Gasteiger partial charge is 0.270 e. The predicted molar refractivity (Wildman–Crippen MR) is 83.3 cm³/mol. The summed E-state index contributed by atoms with van der Waals surface area (Å²) in [6, 6.07) is 6.12. The van der Waals surface area contributed by atoms with Crippen molar-refractivity contribution in [2.75, 3.05) is 12.4 Å². The predicted octanol–water partition coefficient (Wildman–Crippen LogP) is 2.04. The van der Waals surface area contributed by atoms with Gasteiger partial charge < -0.3 is 14.6 Å². The number of methoxy groups -OCH3 is 1. The zero-order valence-electron chi connectivity index (χ0n) is 12.4. The summed E-state index contributed by atoms with van der Waals surface area (Å²) in [5.41, 5.74) is 1.13. The van der Waals surface area contributed by atoms with Crippen LogP contribution in [0.2, 0.25) is 0 Å². The highest BCUT2D eigenvalue weighted by molar-refractivity contribution is 5.93. The molecule has 1 aliphatic carbocycles. The number of ether oxygens (including phenoxy) is 1. The Morgan fingerprint density at radius 2 is 2.14 bits per heavy atom. The second-order valence-electron chi connectivity index (χ2n) is 5.52. The molecular weight excluding hydrogens is 286 g/mol. The van der Waals surface area contributed by atoms with Gasteiger partial charge in [-0.15, -0.1) is 0 Å². The van der Waals surface area contributed by atoms with Crippen molar-refractivity contribution < 1.29 is 9.66 Å². The van der Waals surface area contributed by atoms with Crippen molar-refractivity contribution in [2.24, 2.45) is 7.05 Å². The van der Waals surface area contributed by atoms with Crippen molar-refractivity contribution in [1.29, 1.82) is 0 Å². The third kappa shape index (κ3) is 2.33. The van der Waals surface area contributed by atoms with Crippen molar-refractivity contribution in [3.63, 3.8) is 0 Å². The number of fused-ring (bicyclic) bond motifs is 1. The maximum absolute atomic E-state index is 12.1. The van der Waals surface area contributed by atoms with Crippen LogP contribution in [0.1, 0.15) is 12.8 Å². The normalized spacial score (nSPS) is 20.6. The molecule has 0 aliphatic heterocycles. The Morgan fingerprint density at radius 3 is 2.73 bits per heavy atom. The minimum absolute atomic E-state index is 0.00565. The Bertz CT molecular complexity index is 797. The summed E-state index contributed by atoms with van der Waals surface area (Å²) < 4.78 is 6.83. The van der Waals surface area contributed by atoms with Gasteiger partial charge in [0, 0.05) is 43.4 Å². The summed E-state index contributed by atoms with van der Waals surface area (Å²) in [6.45, 7) is 0. The number of anilines is 1. The molecule has 2 atom stereocenters. The fourth-order valence-corrected chi connectivity index (χ4v) is 2.80. The van der Waals surface area contributed by atoms with Crippen LogP contribution in [-0.4, -0.2) is 28.7 Å². The monoisotopic (exact) mass is 303 g/mol. The van der Waals surface area contributed by atoms with Gasteiger partial charge in [0.2, 0.25) is 0 Å². The number of rotatable bonds is 4. The van der Waals surface area contributed by atoms with Crippen molar-refractivity contribution >= 4 is 22.3 Å². The zero-order chi connectivity index (χ0) is 15.9. The third-order valence-corrected chi connectivity index (χ3v) is 4.30. The summed E-state index contributed by atoms with van der Waals surface area (Å²) in [6.07, 6.45) is 2.03. The highest BCUT2D eigenvalue weighted by Gasteiger charge is 2.31. The lowest BCUT2D eigenvalue weighted by Crippen LogP contribution is -2.44. The molecule has 1 saturated carbocycles. The molecule has 3 rings (SSSR count). The quantitative estimate of drug-likeness (QED) is 0.690. The van der Waals surface area contributed by atoms with Gasteiger partial charge in [-0.25, -0.2) is 0 Å². The number of pyridine rings is 1. The fourth-order valence-electron chi connectivity index (χ4n) is 2.80. The first-order valence-electron chi connectivity index (χ1n) is 7.09. The van der Waals surface area contributed by atoms with E-state index in [-0.39, 0.29) is 23.4 Å². The molecule has 1 unspecified atom stereocenters. The number of nitrogens with zero attached hydrogens (tertiary/aromatic N) is 2. The lowest BCUT2D eigenvalue weighted by molar-refractivity contribution is -0.384. The molecule has 1 aromatic heterocycles. The van der Waals surface area contributed by atoms with E-state index in [0.717, 1.165) is 12.8 Å². The second-order valence-corrected chi connectivity index (χ2v) is 5.52. The number of aryl methyl sites for hydroxylation is 1. The molecule has 1 aliphatic rings. The Balaban J connectivity index is 2.11. The zero-order valence-corrected chi connectivity index (χ0v) is 12.4. The summed E-state index contributed by atoms with van der Waals surface area (Å²) in [4.78, 5) is 22.6. The van der Waals surface area contributed by atoms with E-state index in [4.69, 9.17) is 4.74 Å². The minimum Gasteiger partial charge on any atom is -0.379 e. The third-order valence-electron chi connectivity index (χ3n) is 4.30. The fraction of sp³-hybridized carbons (Fsp3) is 0.400. The summed E-state index contributed by atoms with van der Waals surface area (Å²) in [5, 5.41) is 15.0. The first kappa shape index (κ1) is 14.5. The molecule has 7 heteroatoms. The molecule has 0 bridgehead atoms. The van der Waals surface area contributed by atoms with Crippen LogP contribution in [0.4, 0.5) is 11.4 Å². The molecule has 7 nitrogen and oxygen atoms in total. The highest BCUT2D eigenvalue weighted by atomic mass is 16.6. The summed E-state index contributed by atoms with van der Waals surface area (Å²) >= 11 is 0. The van der Waals surface area contributed by atoms with Crippen molar-refractivity contribution in [1.82, 2.24) is 4.57 Å². The maximum atomic E-state index is 12.1. The molecular formula is C15H17N3O4. The number of nitrogens with one attached hydrogen (secondary N) is 1. The molecule has 0 spiro atoms. The minimum atomic E-state index is -0.435. The standard InChI is InChI=1S/C15H17N3O4/c1-17-13-5-3-9(18(20)21)7-10(13)12(8-15(17)19)16-11-4-6-14(11)22-2/h3,5,7-8,11,14,16H,4,6H2,1-2H3/t11?,14-/m0/s1. The van der Waals surface area contributed by atoms with Gasteiger partial charge in [-0.2, -0.15) is 0 Å².